The summed E-state index contributed by atoms with van der Waals surface area (Å²) >= 11 is 0. The summed E-state index contributed by atoms with van der Waals surface area (Å²) in [6.07, 6.45) is 2.78. The van der Waals surface area contributed by atoms with Crippen LogP contribution in [0, 0.1) is 0 Å². The Balaban J connectivity index is 2.06. The molecule has 2 unspecified atom stereocenters. The number of methoxy groups -OCH3 is 3. The summed E-state index contributed by atoms with van der Waals surface area (Å²) in [5.74, 6) is -1.06. The summed E-state index contributed by atoms with van der Waals surface area (Å²) in [4.78, 5) is 47.7. The van der Waals surface area contributed by atoms with Crippen LogP contribution in [-0.2, 0) is 34.0 Å². The monoisotopic (exact) mass is 481 g/mol. The van der Waals surface area contributed by atoms with Gasteiger partial charge in [-0.3, -0.25) is 9.69 Å². The summed E-state index contributed by atoms with van der Waals surface area (Å²) in [6, 6.07) is 7.30. The van der Waals surface area contributed by atoms with E-state index < -0.39 is 23.4 Å². The highest BCUT2D eigenvalue weighted by Gasteiger charge is 2.63. The Morgan fingerprint density at radius 2 is 1.86 bits per heavy atom. The lowest BCUT2D eigenvalue weighted by atomic mass is 9.65. The van der Waals surface area contributed by atoms with Gasteiger partial charge in [0.2, 0.25) is 5.91 Å². The first-order valence-electron chi connectivity index (χ1n) is 11.6. The SMILES string of the molecule is COCCN1C(=O)CCC23C1=NC(C(=O)OC)=C(C(=O)OC)C2N(CC=C(C)C)c1ccccc13. The lowest BCUT2D eigenvalue weighted by Gasteiger charge is -2.48. The first-order chi connectivity index (χ1) is 16.8. The van der Waals surface area contributed by atoms with Crippen molar-refractivity contribution in [1.29, 1.82) is 0 Å². The van der Waals surface area contributed by atoms with Gasteiger partial charge in [-0.25, -0.2) is 14.6 Å². The van der Waals surface area contributed by atoms with E-state index in [2.05, 4.69) is 11.0 Å². The minimum absolute atomic E-state index is 0.101. The number of carbonyl (C=O) groups excluding carboxylic acids is 3. The zero-order valence-corrected chi connectivity index (χ0v) is 20.8. The minimum atomic E-state index is -0.825. The number of allylic oxidation sites excluding steroid dienone is 1. The normalized spacial score (nSPS) is 22.7. The first kappa shape index (κ1) is 24.7. The molecule has 0 radical (unpaired) electrons. The highest BCUT2D eigenvalue weighted by atomic mass is 16.5. The van der Waals surface area contributed by atoms with Crippen LogP contribution >= 0.6 is 0 Å². The molecule has 0 N–H and O–H groups in total. The highest BCUT2D eigenvalue weighted by Crippen LogP contribution is 2.55. The van der Waals surface area contributed by atoms with Crippen molar-refractivity contribution in [2.45, 2.75) is 38.1 Å². The van der Waals surface area contributed by atoms with Crippen molar-refractivity contribution in [3.8, 4) is 0 Å². The van der Waals surface area contributed by atoms with Crippen LogP contribution in [0.4, 0.5) is 5.69 Å². The summed E-state index contributed by atoms with van der Waals surface area (Å²) < 4.78 is 15.5. The molecule has 1 amide bonds. The number of amidine groups is 1. The van der Waals surface area contributed by atoms with Gasteiger partial charge in [0.05, 0.1) is 44.4 Å². The third-order valence-electron chi connectivity index (χ3n) is 6.91. The molecule has 1 spiro atoms. The minimum Gasteiger partial charge on any atom is -0.466 e. The number of amides is 1. The van der Waals surface area contributed by atoms with Crippen LogP contribution in [0.3, 0.4) is 0 Å². The number of nitrogens with zero attached hydrogens (tertiary/aromatic N) is 3. The summed E-state index contributed by atoms with van der Waals surface area (Å²) in [5.41, 5.74) is 2.19. The lowest BCUT2D eigenvalue weighted by Crippen LogP contribution is -2.63. The fraction of sp³-hybridized carbons (Fsp3) is 0.462. The number of benzene rings is 1. The van der Waals surface area contributed by atoms with E-state index >= 15 is 0 Å². The highest BCUT2D eigenvalue weighted by molar-refractivity contribution is 6.15. The van der Waals surface area contributed by atoms with E-state index in [1.54, 1.807) is 12.0 Å². The molecule has 1 saturated heterocycles. The van der Waals surface area contributed by atoms with Crippen LogP contribution in [0.15, 0.2) is 52.2 Å². The Bertz CT molecular complexity index is 1150. The number of anilines is 1. The number of carbonyl (C=O) groups is 3. The molecule has 1 fully saturated rings. The summed E-state index contributed by atoms with van der Waals surface area (Å²) in [7, 11) is 4.09. The predicted octanol–water partition coefficient (Wildman–Crippen LogP) is 2.36. The van der Waals surface area contributed by atoms with Crippen molar-refractivity contribution >= 4 is 29.4 Å². The zero-order chi connectivity index (χ0) is 25.3. The molecule has 3 heterocycles. The number of piperidine rings is 1. The Hall–Kier alpha value is -3.46. The smallest absolute Gasteiger partial charge is 0.357 e. The van der Waals surface area contributed by atoms with Crippen molar-refractivity contribution in [2.24, 2.45) is 4.99 Å². The van der Waals surface area contributed by atoms with Crippen molar-refractivity contribution in [3.05, 3.63) is 52.7 Å². The van der Waals surface area contributed by atoms with E-state index in [0.717, 1.165) is 16.8 Å². The van der Waals surface area contributed by atoms with Gasteiger partial charge in [0.1, 0.15) is 5.84 Å². The van der Waals surface area contributed by atoms with Gasteiger partial charge in [0.25, 0.3) is 0 Å². The third kappa shape index (κ3) is 3.83. The van der Waals surface area contributed by atoms with E-state index in [1.165, 1.54) is 14.2 Å². The van der Waals surface area contributed by atoms with Gasteiger partial charge in [0.15, 0.2) is 5.70 Å². The van der Waals surface area contributed by atoms with Gasteiger partial charge in [-0.05, 0) is 31.9 Å². The Morgan fingerprint density at radius 3 is 2.51 bits per heavy atom. The number of hydrogen-bond acceptors (Lipinski definition) is 8. The number of hydrogen-bond donors (Lipinski definition) is 0. The number of aliphatic imine (C=N–C) groups is 1. The van der Waals surface area contributed by atoms with Gasteiger partial charge in [0, 0.05) is 25.8 Å². The fourth-order valence-electron chi connectivity index (χ4n) is 5.40. The zero-order valence-electron chi connectivity index (χ0n) is 20.8. The molecular formula is C26H31N3O6. The van der Waals surface area contributed by atoms with Crippen molar-refractivity contribution < 1.29 is 28.6 Å². The van der Waals surface area contributed by atoms with E-state index in [4.69, 9.17) is 19.2 Å². The van der Waals surface area contributed by atoms with Gasteiger partial charge in [-0.2, -0.15) is 0 Å². The second-order valence-electron chi connectivity index (χ2n) is 9.04. The van der Waals surface area contributed by atoms with Crippen LogP contribution in [0.1, 0.15) is 32.3 Å². The predicted molar refractivity (Wildman–Crippen MR) is 130 cm³/mol. The molecule has 1 aromatic rings. The summed E-state index contributed by atoms with van der Waals surface area (Å²) in [5, 5.41) is 0. The van der Waals surface area contributed by atoms with E-state index in [1.807, 2.05) is 38.1 Å². The molecule has 2 atom stereocenters. The topological polar surface area (TPSA) is 97.7 Å². The molecule has 35 heavy (non-hydrogen) atoms. The molecule has 3 aliphatic heterocycles. The first-order valence-corrected chi connectivity index (χ1v) is 11.6. The molecule has 186 valence electrons. The quantitative estimate of drug-likeness (QED) is 0.436. The largest absolute Gasteiger partial charge is 0.466 e. The second kappa shape index (κ2) is 9.65. The van der Waals surface area contributed by atoms with Crippen molar-refractivity contribution in [1.82, 2.24) is 4.90 Å². The average Bonchev–Trinajstić information content (AvgIpc) is 3.14. The van der Waals surface area contributed by atoms with Crippen molar-refractivity contribution in [3.63, 3.8) is 0 Å². The number of rotatable bonds is 7. The van der Waals surface area contributed by atoms with Crippen LogP contribution < -0.4 is 4.90 Å². The van der Waals surface area contributed by atoms with E-state index in [9.17, 15) is 14.4 Å². The molecule has 3 aliphatic rings. The Labute approximate surface area is 205 Å². The number of esters is 2. The maximum atomic E-state index is 13.3. The average molecular weight is 482 g/mol. The number of likely N-dealkylation sites (tertiary alicyclic amines) is 1. The van der Waals surface area contributed by atoms with Gasteiger partial charge < -0.3 is 19.1 Å². The Kier molecular flexibility index (Phi) is 6.80. The van der Waals surface area contributed by atoms with Crippen LogP contribution in [0.25, 0.3) is 0 Å². The number of para-hydroxylation sites is 1. The molecule has 9 nitrogen and oxygen atoms in total. The maximum absolute atomic E-state index is 13.3. The maximum Gasteiger partial charge on any atom is 0.357 e. The standard InChI is InChI=1S/C26H31N3O6/c1-16(2)11-13-28-18-9-7-6-8-17(18)26-12-10-19(30)29(14-15-33-3)25(26)27-21(24(32)35-5)20(22(26)28)23(31)34-4/h6-9,11,22H,10,12-15H2,1-5H3. The Morgan fingerprint density at radius 1 is 1.14 bits per heavy atom. The molecule has 0 aromatic heterocycles. The molecule has 9 heteroatoms. The molecule has 1 aromatic carbocycles. The number of fused-ring (bicyclic) bond motifs is 1. The number of ether oxygens (including phenoxy) is 3. The van der Waals surface area contributed by atoms with Gasteiger partial charge in [-0.15, -0.1) is 0 Å². The van der Waals surface area contributed by atoms with E-state index in [-0.39, 0.29) is 30.1 Å². The van der Waals surface area contributed by atoms with Gasteiger partial charge in [-0.1, -0.05) is 29.8 Å². The molecule has 0 saturated carbocycles. The van der Waals surface area contributed by atoms with Crippen LogP contribution in [0.5, 0.6) is 0 Å². The third-order valence-corrected chi connectivity index (χ3v) is 6.91. The molecule has 0 aliphatic carbocycles. The molecule has 0 bridgehead atoms. The molecule has 4 rings (SSSR count). The second-order valence-corrected chi connectivity index (χ2v) is 9.04. The lowest BCUT2D eigenvalue weighted by molar-refractivity contribution is -0.140. The van der Waals surface area contributed by atoms with Crippen LogP contribution in [-0.4, -0.2) is 75.6 Å². The molecular weight excluding hydrogens is 450 g/mol. The van der Waals surface area contributed by atoms with Gasteiger partial charge >= 0.3 is 11.9 Å². The van der Waals surface area contributed by atoms with Crippen LogP contribution in [0.2, 0.25) is 0 Å². The van der Waals surface area contributed by atoms with E-state index in [0.29, 0.717) is 25.4 Å². The van der Waals surface area contributed by atoms with Crippen molar-refractivity contribution in [2.75, 3.05) is 45.9 Å². The fourth-order valence-corrected chi connectivity index (χ4v) is 5.40. The summed E-state index contributed by atoms with van der Waals surface area (Å²) in [6.45, 7) is 5.10.